The molecule has 0 aliphatic rings. The van der Waals surface area contributed by atoms with Crippen LogP contribution in [0.3, 0.4) is 0 Å². The summed E-state index contributed by atoms with van der Waals surface area (Å²) in [5.41, 5.74) is 1.49. The number of pyridine rings is 2. The second-order valence-corrected chi connectivity index (χ2v) is 4.91. The van der Waals surface area contributed by atoms with E-state index >= 15 is 0 Å². The third-order valence-corrected chi connectivity index (χ3v) is 3.30. The average Bonchev–Trinajstić information content (AvgIpc) is 2.60. The number of carbonyl (C=O) groups is 1. The van der Waals surface area contributed by atoms with Crippen LogP contribution in [-0.2, 0) is 13.1 Å². The Balaban J connectivity index is 1.85. The summed E-state index contributed by atoms with van der Waals surface area (Å²) >= 11 is 0. The van der Waals surface area contributed by atoms with E-state index in [4.69, 9.17) is 5.21 Å². The summed E-state index contributed by atoms with van der Waals surface area (Å²) in [6.45, 7) is 1.50. The third kappa shape index (κ3) is 5.03. The molecule has 6 nitrogen and oxygen atoms in total. The molecule has 0 aliphatic heterocycles. The van der Waals surface area contributed by atoms with Crippen molar-refractivity contribution in [2.75, 3.05) is 7.05 Å². The fourth-order valence-corrected chi connectivity index (χ4v) is 2.01. The van der Waals surface area contributed by atoms with Gasteiger partial charge < -0.3 is 10.5 Å². The van der Waals surface area contributed by atoms with Crippen molar-refractivity contribution >= 4 is 12.1 Å². The molecule has 0 bridgehead atoms. The van der Waals surface area contributed by atoms with Gasteiger partial charge in [-0.25, -0.2) is 9.13 Å². The van der Waals surface area contributed by atoms with Gasteiger partial charge in [0.05, 0.1) is 11.8 Å². The van der Waals surface area contributed by atoms with Gasteiger partial charge in [-0.3, -0.25) is 4.79 Å². The summed E-state index contributed by atoms with van der Waals surface area (Å²) < 4.78 is 4.01. The summed E-state index contributed by atoms with van der Waals surface area (Å²) in [5, 5.41) is 14.0. The molecule has 0 saturated carbocycles. The molecular weight excluding hydrogens is 292 g/mol. The van der Waals surface area contributed by atoms with Crippen molar-refractivity contribution in [3.63, 3.8) is 0 Å². The van der Waals surface area contributed by atoms with Gasteiger partial charge in [0.25, 0.3) is 5.91 Å². The van der Waals surface area contributed by atoms with Gasteiger partial charge in [-0.1, -0.05) is 5.16 Å². The highest BCUT2D eigenvalue weighted by molar-refractivity contribution is 5.93. The summed E-state index contributed by atoms with van der Waals surface area (Å²) in [4.78, 5) is 11.4. The van der Waals surface area contributed by atoms with Crippen molar-refractivity contribution in [2.24, 2.45) is 5.16 Å². The second-order valence-electron chi connectivity index (χ2n) is 4.91. The molecular formula is C17H20N4O2+2. The van der Waals surface area contributed by atoms with Crippen molar-refractivity contribution < 1.29 is 19.1 Å². The highest BCUT2D eigenvalue weighted by atomic mass is 16.4. The number of nitrogens with one attached hydrogen (secondary N) is 1. The standard InChI is InChI=1S/C17H18N4O2/c1-18-17(22)16-6-12-21(13-7-16)9-3-2-8-20-10-4-15(5-11-20)14-19-23/h2-7,10-14H,8-9H2,1H3/p+2/b3-2+. The van der Waals surface area contributed by atoms with Crippen molar-refractivity contribution in [3.8, 4) is 0 Å². The van der Waals surface area contributed by atoms with E-state index in [1.165, 1.54) is 6.21 Å². The van der Waals surface area contributed by atoms with Gasteiger partial charge in [0.1, 0.15) is 0 Å². The minimum atomic E-state index is -0.0845. The highest BCUT2D eigenvalue weighted by Crippen LogP contribution is 1.94. The lowest BCUT2D eigenvalue weighted by Gasteiger charge is -1.97. The van der Waals surface area contributed by atoms with Crippen LogP contribution >= 0.6 is 0 Å². The number of hydrogen-bond acceptors (Lipinski definition) is 3. The molecule has 2 rings (SSSR count). The predicted octanol–water partition coefficient (Wildman–Crippen LogP) is 0.686. The molecule has 23 heavy (non-hydrogen) atoms. The minimum absolute atomic E-state index is 0.0845. The zero-order chi connectivity index (χ0) is 16.5. The first-order valence-electron chi connectivity index (χ1n) is 7.25. The molecule has 2 aromatic rings. The minimum Gasteiger partial charge on any atom is -0.411 e. The van der Waals surface area contributed by atoms with Crippen molar-refractivity contribution in [1.82, 2.24) is 5.32 Å². The largest absolute Gasteiger partial charge is 0.411 e. The van der Waals surface area contributed by atoms with E-state index in [1.807, 2.05) is 46.1 Å². The molecule has 2 aromatic heterocycles. The van der Waals surface area contributed by atoms with E-state index in [0.717, 1.165) is 18.7 Å². The van der Waals surface area contributed by atoms with Crippen LogP contribution in [-0.4, -0.2) is 24.4 Å². The fraction of sp³-hybridized carbons (Fsp3) is 0.176. The molecule has 0 aliphatic carbocycles. The summed E-state index contributed by atoms with van der Waals surface area (Å²) in [6, 6.07) is 7.34. The number of aromatic nitrogens is 2. The molecule has 0 atom stereocenters. The van der Waals surface area contributed by atoms with Gasteiger partial charge in [-0.05, 0) is 12.2 Å². The summed E-state index contributed by atoms with van der Waals surface area (Å²) in [6.07, 6.45) is 13.1. The van der Waals surface area contributed by atoms with Crippen molar-refractivity contribution in [1.29, 1.82) is 0 Å². The van der Waals surface area contributed by atoms with Crippen LogP contribution in [0.4, 0.5) is 0 Å². The molecule has 118 valence electrons. The van der Waals surface area contributed by atoms with E-state index in [9.17, 15) is 4.79 Å². The lowest BCUT2D eigenvalue weighted by molar-refractivity contribution is -0.691. The topological polar surface area (TPSA) is 69.5 Å². The number of carbonyl (C=O) groups excluding carboxylic acids is 1. The normalized spacial score (nSPS) is 11.2. The van der Waals surface area contributed by atoms with Crippen LogP contribution in [0.15, 0.2) is 66.4 Å². The van der Waals surface area contributed by atoms with Crippen molar-refractivity contribution in [2.45, 2.75) is 13.1 Å². The number of oxime groups is 1. The molecule has 6 heteroatoms. The molecule has 0 spiro atoms. The number of hydrogen-bond donors (Lipinski definition) is 2. The second kappa shape index (κ2) is 8.43. The smallest absolute Gasteiger partial charge is 0.251 e. The first-order chi connectivity index (χ1) is 11.2. The number of nitrogens with zero attached hydrogens (tertiary/aromatic N) is 3. The summed E-state index contributed by atoms with van der Waals surface area (Å²) in [5.74, 6) is -0.0845. The lowest BCUT2D eigenvalue weighted by atomic mass is 10.2. The SMILES string of the molecule is CNC(=O)c1cc[n+](C/C=C/C[n+]2ccc(/C=N/O)cc2)cc1. The summed E-state index contributed by atoms with van der Waals surface area (Å²) in [7, 11) is 1.62. The van der Waals surface area contributed by atoms with Gasteiger partial charge in [0, 0.05) is 36.9 Å². The number of rotatable bonds is 6. The van der Waals surface area contributed by atoms with Crippen LogP contribution in [0.5, 0.6) is 0 Å². The van der Waals surface area contributed by atoms with Gasteiger partial charge in [-0.2, -0.15) is 0 Å². The Morgan fingerprint density at radius 2 is 1.61 bits per heavy atom. The van der Waals surface area contributed by atoms with Crippen LogP contribution in [0, 0.1) is 0 Å². The average molecular weight is 312 g/mol. The van der Waals surface area contributed by atoms with Crippen molar-refractivity contribution in [3.05, 3.63) is 72.3 Å². The Bertz CT molecular complexity index is 692. The van der Waals surface area contributed by atoms with Gasteiger partial charge in [0.15, 0.2) is 37.9 Å². The predicted molar refractivity (Wildman–Crippen MR) is 85.2 cm³/mol. The maximum Gasteiger partial charge on any atom is 0.251 e. The Morgan fingerprint density at radius 1 is 1.09 bits per heavy atom. The van der Waals surface area contributed by atoms with E-state index in [2.05, 4.69) is 22.6 Å². The first-order valence-corrected chi connectivity index (χ1v) is 7.25. The maximum absolute atomic E-state index is 11.4. The quantitative estimate of drug-likeness (QED) is 0.271. The zero-order valence-electron chi connectivity index (χ0n) is 13.0. The number of amides is 1. The molecule has 0 unspecified atom stereocenters. The Kier molecular flexibility index (Phi) is 5.99. The van der Waals surface area contributed by atoms with Gasteiger partial charge in [-0.15, -0.1) is 0 Å². The molecule has 2 heterocycles. The zero-order valence-corrected chi connectivity index (χ0v) is 13.0. The Labute approximate surface area is 135 Å². The van der Waals surface area contributed by atoms with Gasteiger partial charge in [0.2, 0.25) is 0 Å². The van der Waals surface area contributed by atoms with E-state index in [1.54, 1.807) is 19.2 Å². The molecule has 0 aromatic carbocycles. The van der Waals surface area contributed by atoms with Crippen LogP contribution in [0.1, 0.15) is 15.9 Å². The molecule has 0 fully saturated rings. The Morgan fingerprint density at radius 3 is 2.09 bits per heavy atom. The Hall–Kier alpha value is -3.02. The van der Waals surface area contributed by atoms with Crippen LogP contribution < -0.4 is 14.5 Å². The molecule has 0 radical (unpaired) electrons. The van der Waals surface area contributed by atoms with Gasteiger partial charge >= 0.3 is 0 Å². The van der Waals surface area contributed by atoms with Crippen LogP contribution in [0.25, 0.3) is 0 Å². The van der Waals surface area contributed by atoms with E-state index in [0.29, 0.717) is 5.56 Å². The molecule has 1 amide bonds. The van der Waals surface area contributed by atoms with E-state index < -0.39 is 0 Å². The lowest BCUT2D eigenvalue weighted by Crippen LogP contribution is -2.33. The first kappa shape index (κ1) is 16.4. The maximum atomic E-state index is 11.4. The van der Waals surface area contributed by atoms with E-state index in [-0.39, 0.29) is 5.91 Å². The monoisotopic (exact) mass is 312 g/mol. The van der Waals surface area contributed by atoms with Crippen LogP contribution in [0.2, 0.25) is 0 Å². The molecule has 0 saturated heterocycles. The fourth-order valence-electron chi connectivity index (χ4n) is 2.01. The number of allylic oxidation sites excluding steroid dienone is 2. The third-order valence-electron chi connectivity index (χ3n) is 3.30. The molecule has 2 N–H and O–H groups in total. The highest BCUT2D eigenvalue weighted by Gasteiger charge is 2.05.